The van der Waals surface area contributed by atoms with Crippen LogP contribution in [-0.2, 0) is 11.2 Å². The molecule has 2 N–H and O–H groups in total. The Morgan fingerprint density at radius 2 is 2.16 bits per heavy atom. The Morgan fingerprint density at radius 3 is 2.89 bits per heavy atom. The first-order valence-corrected chi connectivity index (χ1v) is 6.94. The zero-order chi connectivity index (χ0) is 13.7. The van der Waals surface area contributed by atoms with Gasteiger partial charge in [-0.3, -0.25) is 4.79 Å². The summed E-state index contributed by atoms with van der Waals surface area (Å²) in [5.41, 5.74) is 3.23. The molecule has 0 fully saturated rings. The van der Waals surface area contributed by atoms with Gasteiger partial charge in [-0.05, 0) is 37.0 Å². The minimum atomic E-state index is 0.148. The molecule has 102 valence electrons. The molecule has 1 amide bonds. The van der Waals surface area contributed by atoms with E-state index in [0.717, 1.165) is 30.3 Å². The van der Waals surface area contributed by atoms with Gasteiger partial charge in [-0.25, -0.2) is 4.98 Å². The number of H-pyrrole nitrogens is 1. The maximum Gasteiger partial charge on any atom is 0.223 e. The third-order valence-corrected chi connectivity index (χ3v) is 3.55. The van der Waals surface area contributed by atoms with Crippen LogP contribution in [0.25, 0.3) is 11.0 Å². The lowest BCUT2D eigenvalue weighted by Gasteiger charge is -2.12. The number of carbonyl (C=O) groups is 1. The maximum absolute atomic E-state index is 11.8. The number of rotatable bonds is 6. The molecule has 0 spiro atoms. The zero-order valence-corrected chi connectivity index (χ0v) is 11.6. The molecule has 0 radical (unpaired) electrons. The molecule has 0 aliphatic rings. The first-order chi connectivity index (χ1) is 9.24. The predicted octanol–water partition coefficient (Wildman–Crippen LogP) is 2.66. The van der Waals surface area contributed by atoms with Crippen molar-refractivity contribution in [3.63, 3.8) is 0 Å². The molecule has 1 heterocycles. The lowest BCUT2D eigenvalue weighted by atomic mass is 10.0. The standard InChI is InChI=1S/C15H21N3O/c1-3-12(4-2)15(19)16-8-7-11-5-6-13-14(9-11)18-10-17-13/h5-6,9-10,12H,3-4,7-8H2,1-2H3,(H,16,19)(H,17,18). The van der Waals surface area contributed by atoms with E-state index in [0.29, 0.717) is 6.54 Å². The Balaban J connectivity index is 1.86. The number of aromatic amines is 1. The van der Waals surface area contributed by atoms with Crippen molar-refractivity contribution in [3.05, 3.63) is 30.1 Å². The second-order valence-corrected chi connectivity index (χ2v) is 4.81. The van der Waals surface area contributed by atoms with Crippen molar-refractivity contribution in [3.8, 4) is 0 Å². The van der Waals surface area contributed by atoms with Gasteiger partial charge in [0.05, 0.1) is 17.4 Å². The van der Waals surface area contributed by atoms with E-state index in [-0.39, 0.29) is 11.8 Å². The fourth-order valence-corrected chi connectivity index (χ4v) is 2.27. The number of carbonyl (C=O) groups excluding carboxylic acids is 1. The Labute approximate surface area is 113 Å². The average molecular weight is 259 g/mol. The summed E-state index contributed by atoms with van der Waals surface area (Å²) in [6, 6.07) is 6.15. The van der Waals surface area contributed by atoms with Crippen molar-refractivity contribution in [2.24, 2.45) is 5.92 Å². The summed E-state index contributed by atoms with van der Waals surface area (Å²) in [5, 5.41) is 3.01. The van der Waals surface area contributed by atoms with Gasteiger partial charge in [-0.2, -0.15) is 0 Å². The summed E-state index contributed by atoms with van der Waals surface area (Å²) < 4.78 is 0. The van der Waals surface area contributed by atoms with Crippen LogP contribution < -0.4 is 5.32 Å². The molecule has 1 aromatic heterocycles. The number of nitrogens with zero attached hydrogens (tertiary/aromatic N) is 1. The molecule has 0 aliphatic heterocycles. The Hall–Kier alpha value is -1.84. The smallest absolute Gasteiger partial charge is 0.223 e. The van der Waals surface area contributed by atoms with Crippen LogP contribution in [0.3, 0.4) is 0 Å². The van der Waals surface area contributed by atoms with Gasteiger partial charge in [-0.15, -0.1) is 0 Å². The number of benzene rings is 1. The Kier molecular flexibility index (Phi) is 4.55. The van der Waals surface area contributed by atoms with Gasteiger partial charge in [0.15, 0.2) is 0 Å². The molecule has 0 atom stereocenters. The minimum Gasteiger partial charge on any atom is -0.356 e. The van der Waals surface area contributed by atoms with Gasteiger partial charge in [0.1, 0.15) is 0 Å². The van der Waals surface area contributed by atoms with E-state index < -0.39 is 0 Å². The molecule has 0 saturated carbocycles. The van der Waals surface area contributed by atoms with Crippen molar-refractivity contribution >= 4 is 16.9 Å². The molecule has 0 unspecified atom stereocenters. The number of hydrogen-bond acceptors (Lipinski definition) is 2. The summed E-state index contributed by atoms with van der Waals surface area (Å²) in [5.74, 6) is 0.322. The SMILES string of the molecule is CCC(CC)C(=O)NCCc1ccc2nc[nH]c2c1. The molecule has 0 aliphatic carbocycles. The molecule has 4 heteroatoms. The van der Waals surface area contributed by atoms with Crippen LogP contribution in [0.1, 0.15) is 32.3 Å². The molecule has 2 aromatic rings. The number of amides is 1. The largest absolute Gasteiger partial charge is 0.356 e. The summed E-state index contributed by atoms with van der Waals surface area (Å²) >= 11 is 0. The highest BCUT2D eigenvalue weighted by atomic mass is 16.1. The third kappa shape index (κ3) is 3.34. The molecule has 0 bridgehead atoms. The summed E-state index contributed by atoms with van der Waals surface area (Å²) in [6.45, 7) is 4.80. The second-order valence-electron chi connectivity index (χ2n) is 4.81. The van der Waals surface area contributed by atoms with E-state index in [1.165, 1.54) is 5.56 Å². The lowest BCUT2D eigenvalue weighted by molar-refractivity contribution is -0.125. The highest BCUT2D eigenvalue weighted by Gasteiger charge is 2.12. The van der Waals surface area contributed by atoms with Gasteiger partial charge in [-0.1, -0.05) is 19.9 Å². The molecule has 0 saturated heterocycles. The van der Waals surface area contributed by atoms with E-state index >= 15 is 0 Å². The zero-order valence-electron chi connectivity index (χ0n) is 11.6. The van der Waals surface area contributed by atoms with Crippen LogP contribution in [0, 0.1) is 5.92 Å². The van der Waals surface area contributed by atoms with E-state index in [1.807, 2.05) is 6.07 Å². The molecular formula is C15H21N3O. The first kappa shape index (κ1) is 13.6. The third-order valence-electron chi connectivity index (χ3n) is 3.55. The van der Waals surface area contributed by atoms with Crippen LogP contribution in [0.15, 0.2) is 24.5 Å². The van der Waals surface area contributed by atoms with E-state index in [9.17, 15) is 4.79 Å². The van der Waals surface area contributed by atoms with Crippen LogP contribution in [0.2, 0.25) is 0 Å². The van der Waals surface area contributed by atoms with E-state index in [2.05, 4.69) is 41.3 Å². The second kappa shape index (κ2) is 6.36. The lowest BCUT2D eigenvalue weighted by Crippen LogP contribution is -2.31. The van der Waals surface area contributed by atoms with Crippen molar-refractivity contribution in [1.82, 2.24) is 15.3 Å². The molecular weight excluding hydrogens is 238 g/mol. The molecule has 1 aromatic carbocycles. The highest BCUT2D eigenvalue weighted by Crippen LogP contribution is 2.12. The van der Waals surface area contributed by atoms with Crippen molar-refractivity contribution in [1.29, 1.82) is 0 Å². The molecule has 19 heavy (non-hydrogen) atoms. The maximum atomic E-state index is 11.8. The Bertz CT molecular complexity index is 543. The van der Waals surface area contributed by atoms with Crippen molar-refractivity contribution in [2.45, 2.75) is 33.1 Å². The monoisotopic (exact) mass is 259 g/mol. The first-order valence-electron chi connectivity index (χ1n) is 6.94. The molecule has 4 nitrogen and oxygen atoms in total. The number of aromatic nitrogens is 2. The van der Waals surface area contributed by atoms with Gasteiger partial charge in [0.2, 0.25) is 5.91 Å². The van der Waals surface area contributed by atoms with Gasteiger partial charge < -0.3 is 10.3 Å². The van der Waals surface area contributed by atoms with E-state index in [1.54, 1.807) is 6.33 Å². The molecule has 2 rings (SSSR count). The van der Waals surface area contributed by atoms with Gasteiger partial charge in [0, 0.05) is 12.5 Å². The van der Waals surface area contributed by atoms with Crippen LogP contribution >= 0.6 is 0 Å². The minimum absolute atomic E-state index is 0.148. The van der Waals surface area contributed by atoms with Crippen LogP contribution in [0.5, 0.6) is 0 Å². The predicted molar refractivity (Wildman–Crippen MR) is 76.9 cm³/mol. The van der Waals surface area contributed by atoms with Gasteiger partial charge >= 0.3 is 0 Å². The fourth-order valence-electron chi connectivity index (χ4n) is 2.27. The number of fused-ring (bicyclic) bond motifs is 1. The van der Waals surface area contributed by atoms with Crippen LogP contribution in [0.4, 0.5) is 0 Å². The summed E-state index contributed by atoms with van der Waals surface area (Å²) in [7, 11) is 0. The van der Waals surface area contributed by atoms with Crippen LogP contribution in [-0.4, -0.2) is 22.4 Å². The van der Waals surface area contributed by atoms with Crippen molar-refractivity contribution in [2.75, 3.05) is 6.54 Å². The number of imidazole rings is 1. The normalized spacial score (nSPS) is 11.1. The quantitative estimate of drug-likeness (QED) is 0.838. The number of hydrogen-bond donors (Lipinski definition) is 2. The summed E-state index contributed by atoms with van der Waals surface area (Å²) in [6.07, 6.45) is 4.36. The highest BCUT2D eigenvalue weighted by molar-refractivity contribution is 5.78. The topological polar surface area (TPSA) is 57.8 Å². The number of nitrogens with one attached hydrogen (secondary N) is 2. The summed E-state index contributed by atoms with van der Waals surface area (Å²) in [4.78, 5) is 19.1. The fraction of sp³-hybridized carbons (Fsp3) is 0.467. The average Bonchev–Trinajstić information content (AvgIpc) is 2.87. The Morgan fingerprint density at radius 1 is 1.37 bits per heavy atom. The van der Waals surface area contributed by atoms with Gasteiger partial charge in [0.25, 0.3) is 0 Å². The van der Waals surface area contributed by atoms with E-state index in [4.69, 9.17) is 0 Å². The van der Waals surface area contributed by atoms with Crippen molar-refractivity contribution < 1.29 is 4.79 Å².